The topological polar surface area (TPSA) is 35.6 Å². The lowest BCUT2D eigenvalue weighted by molar-refractivity contribution is 0.590. The van der Waals surface area contributed by atoms with Gasteiger partial charge in [-0.25, -0.2) is 9.97 Å². The van der Waals surface area contributed by atoms with Gasteiger partial charge < -0.3 is 9.13 Å². The van der Waals surface area contributed by atoms with Gasteiger partial charge in [0.25, 0.3) is 6.71 Å². The van der Waals surface area contributed by atoms with Crippen LogP contribution in [0.15, 0.2) is 237 Å². The molecule has 0 spiro atoms. The van der Waals surface area contributed by atoms with Gasteiger partial charge in [0.15, 0.2) is 5.82 Å². The molecule has 16 rings (SSSR count). The first-order valence-electron chi connectivity index (χ1n) is 32.5. The van der Waals surface area contributed by atoms with E-state index in [0.29, 0.717) is 5.82 Å². The second-order valence-electron chi connectivity index (χ2n) is 29.9. The van der Waals surface area contributed by atoms with Crippen molar-refractivity contribution in [1.29, 1.82) is 0 Å². The average molecular weight is 1180 g/mol. The van der Waals surface area contributed by atoms with Crippen LogP contribution in [0.1, 0.15) is 105 Å². The van der Waals surface area contributed by atoms with Crippen molar-refractivity contribution in [2.24, 2.45) is 0 Å². The Hall–Kier alpha value is -9.84. The third-order valence-corrected chi connectivity index (χ3v) is 19.6. The number of hydrogen-bond acceptors (Lipinski definition) is 2. The average Bonchev–Trinajstić information content (AvgIpc) is 1.57. The summed E-state index contributed by atoms with van der Waals surface area (Å²) >= 11 is 0. The molecule has 0 atom stereocenters. The van der Waals surface area contributed by atoms with Gasteiger partial charge in [0.2, 0.25) is 0 Å². The monoisotopic (exact) mass is 1170 g/mol. The predicted molar refractivity (Wildman–Crippen MR) is 388 cm³/mol. The van der Waals surface area contributed by atoms with E-state index in [1.807, 2.05) is 0 Å². The normalized spacial score (nSPS) is 13.0. The molecule has 11 aromatic carbocycles. The Morgan fingerprint density at radius 2 is 0.593 bits per heavy atom. The summed E-state index contributed by atoms with van der Waals surface area (Å²) in [6.07, 6.45) is 0. The molecule has 14 aromatic rings. The third kappa shape index (κ3) is 9.41. The summed E-state index contributed by atoms with van der Waals surface area (Å²) in [6.45, 7) is 28.2. The van der Waals surface area contributed by atoms with E-state index in [9.17, 15) is 0 Å². The summed E-state index contributed by atoms with van der Waals surface area (Å²) in [5, 5.41) is 5.15. The maximum atomic E-state index is 5.90. The molecule has 0 radical (unpaired) electrons. The maximum Gasteiger partial charge on any atom is 0.252 e. The molecule has 0 saturated carbocycles. The molecule has 0 N–H and O–H groups in total. The maximum absolute atomic E-state index is 5.90. The van der Waals surface area contributed by atoms with Gasteiger partial charge in [-0.3, -0.25) is 0 Å². The number of nitrogens with zero attached hydrogens (tertiary/aromatic N) is 4. The minimum atomic E-state index is -0.117. The predicted octanol–water partition coefficient (Wildman–Crippen LogP) is 20.7. The van der Waals surface area contributed by atoms with Crippen LogP contribution in [0.25, 0.3) is 133 Å². The molecule has 0 unspecified atom stereocenters. The molecule has 0 amide bonds. The zero-order valence-electron chi connectivity index (χ0n) is 54.4. The lowest BCUT2D eigenvalue weighted by Crippen LogP contribution is -2.59. The van der Waals surface area contributed by atoms with Crippen LogP contribution < -0.4 is 16.4 Å². The second-order valence-corrected chi connectivity index (χ2v) is 29.9. The van der Waals surface area contributed by atoms with Crippen molar-refractivity contribution in [3.8, 4) is 89.8 Å². The van der Waals surface area contributed by atoms with Crippen molar-refractivity contribution in [2.45, 2.75) is 105 Å². The number of aromatic nitrogens is 4. The summed E-state index contributed by atoms with van der Waals surface area (Å²) in [5.74, 6) is 0.661. The van der Waals surface area contributed by atoms with Crippen molar-refractivity contribution in [3.63, 3.8) is 0 Å². The minimum absolute atomic E-state index is 0.0571. The van der Waals surface area contributed by atoms with Gasteiger partial charge in [-0.15, -0.1) is 0 Å². The Morgan fingerprint density at radius 1 is 0.275 bits per heavy atom. The van der Waals surface area contributed by atoms with Crippen molar-refractivity contribution in [1.82, 2.24) is 19.1 Å². The van der Waals surface area contributed by atoms with Crippen LogP contribution in [-0.2, 0) is 21.7 Å². The molecule has 0 bridgehead atoms. The van der Waals surface area contributed by atoms with Gasteiger partial charge in [-0.1, -0.05) is 229 Å². The summed E-state index contributed by atoms with van der Waals surface area (Å²) in [7, 11) is 0. The molecular weight excluding hydrogens is 1100 g/mol. The zero-order chi connectivity index (χ0) is 62.6. The Labute approximate surface area is 536 Å². The number of benzene rings is 11. The Balaban J connectivity index is 1.06. The minimum Gasteiger partial charge on any atom is -0.310 e. The Kier molecular flexibility index (Phi) is 12.6. The van der Waals surface area contributed by atoms with Crippen LogP contribution in [0.5, 0.6) is 0 Å². The fourth-order valence-electron chi connectivity index (χ4n) is 14.6. The van der Waals surface area contributed by atoms with Crippen molar-refractivity contribution >= 4 is 66.7 Å². The summed E-state index contributed by atoms with van der Waals surface area (Å²) in [5.41, 5.74) is 30.0. The van der Waals surface area contributed by atoms with Crippen LogP contribution in [0, 0.1) is 0 Å². The molecule has 5 heterocycles. The summed E-state index contributed by atoms with van der Waals surface area (Å²) in [6, 6.07) is 88.9. The lowest BCUT2D eigenvalue weighted by atomic mass is 9.34. The van der Waals surface area contributed by atoms with Gasteiger partial charge in [-0.05, 0) is 196 Å². The number of hydrogen-bond donors (Lipinski definition) is 0. The molecule has 2 aliphatic heterocycles. The first-order valence-corrected chi connectivity index (χ1v) is 32.5. The van der Waals surface area contributed by atoms with Crippen LogP contribution >= 0.6 is 0 Å². The molecule has 3 aromatic heterocycles. The van der Waals surface area contributed by atoms with Gasteiger partial charge >= 0.3 is 0 Å². The largest absolute Gasteiger partial charge is 0.310 e. The molecule has 2 aliphatic rings. The number of rotatable bonds is 7. The highest BCUT2D eigenvalue weighted by Gasteiger charge is 2.43. The van der Waals surface area contributed by atoms with Crippen molar-refractivity contribution in [3.05, 3.63) is 259 Å². The van der Waals surface area contributed by atoms with Crippen LogP contribution in [0.3, 0.4) is 0 Å². The Bertz CT molecular complexity index is 4850. The fourth-order valence-corrected chi connectivity index (χ4v) is 14.6. The molecule has 91 heavy (non-hydrogen) atoms. The molecule has 442 valence electrons. The van der Waals surface area contributed by atoms with Crippen molar-refractivity contribution in [2.75, 3.05) is 0 Å². The highest BCUT2D eigenvalue weighted by atomic mass is 15.0. The number of fused-ring (bicyclic) bond motifs is 10. The van der Waals surface area contributed by atoms with E-state index in [1.165, 1.54) is 82.3 Å². The third-order valence-electron chi connectivity index (χ3n) is 19.6. The molecule has 0 saturated heterocycles. The van der Waals surface area contributed by atoms with Crippen LogP contribution in [0.2, 0.25) is 0 Å². The summed E-state index contributed by atoms with van der Waals surface area (Å²) in [4.78, 5) is 11.8. The quantitative estimate of drug-likeness (QED) is 0.149. The highest BCUT2D eigenvalue weighted by Crippen LogP contribution is 2.46. The standard InChI is InChI=1S/C86H75BN4/c1-83(2,3)63-33-35-75-67(45-63)69-47-65(85(7,8)9)49-71-80(69)90(75)77-43-62(44-78-79(77)87(71)72-50-66(86(10,11)12)48-70-68-46-64(84(4,5)6)34-36-76(68)91(78)81(70)72)82-88-73(60-39-56(52-25-17-13-18-26-52)37-57(40-60)53-27-19-14-20-28-53)51-74(89-82)61-41-58(54-29-21-15-22-30-54)38-59(42-61)55-31-23-16-24-32-55/h13-51H,1-12H3. The molecule has 0 fully saturated rings. The van der Waals surface area contributed by atoms with Crippen molar-refractivity contribution < 1.29 is 0 Å². The smallest absolute Gasteiger partial charge is 0.252 e. The molecule has 4 nitrogen and oxygen atoms in total. The zero-order valence-corrected chi connectivity index (χ0v) is 54.4. The first kappa shape index (κ1) is 56.4. The van der Waals surface area contributed by atoms with E-state index < -0.39 is 0 Å². The highest BCUT2D eigenvalue weighted by molar-refractivity contribution is 7.00. The van der Waals surface area contributed by atoms with Crippen LogP contribution in [-0.4, -0.2) is 25.8 Å². The molecule has 5 heteroatoms. The lowest BCUT2D eigenvalue weighted by Gasteiger charge is -2.35. The van der Waals surface area contributed by atoms with Gasteiger partial charge in [-0.2, -0.15) is 0 Å². The van der Waals surface area contributed by atoms with Gasteiger partial charge in [0, 0.05) is 60.6 Å². The molecule has 0 aliphatic carbocycles. The molecular formula is C86H75BN4. The SMILES string of the molecule is CC(C)(C)c1ccc2c(c1)c1cc(C(C)(C)C)cc3c1n2-c1cc(-c2nc(-c4cc(-c5ccccc5)cc(-c5ccccc5)c4)cc(-c4cc(-c5ccccc5)cc(-c5ccccc5)c4)n2)cc2c1B3c1cc(C(C)(C)C)cc3c4cc(C(C)(C)C)ccc4n-2c13. The van der Waals surface area contributed by atoms with E-state index >= 15 is 0 Å². The van der Waals surface area contributed by atoms with E-state index in [1.54, 1.807) is 0 Å². The van der Waals surface area contributed by atoms with E-state index in [2.05, 4.69) is 329 Å². The summed E-state index contributed by atoms with van der Waals surface area (Å²) < 4.78 is 5.26. The van der Waals surface area contributed by atoms with E-state index in [-0.39, 0.29) is 28.4 Å². The second kappa shape index (κ2) is 20.3. The van der Waals surface area contributed by atoms with E-state index in [4.69, 9.17) is 9.97 Å². The van der Waals surface area contributed by atoms with Crippen LogP contribution in [0.4, 0.5) is 0 Å². The fraction of sp³-hybridized carbons (Fsp3) is 0.186. The first-order chi connectivity index (χ1) is 43.6. The van der Waals surface area contributed by atoms with Gasteiger partial charge in [0.1, 0.15) is 0 Å². The van der Waals surface area contributed by atoms with E-state index in [0.717, 1.165) is 84.0 Å². The Morgan fingerprint density at radius 3 is 0.923 bits per heavy atom. The van der Waals surface area contributed by atoms with Gasteiger partial charge in [0.05, 0.1) is 22.4 Å².